The van der Waals surface area contributed by atoms with Gasteiger partial charge in [-0.25, -0.2) is 0 Å². The average molecular weight is 391 g/mol. The molecule has 2 aromatic carbocycles. The number of nitrogens with one attached hydrogen (secondary N) is 2. The van der Waals surface area contributed by atoms with E-state index in [2.05, 4.69) is 34.6 Å². The predicted octanol–water partition coefficient (Wildman–Crippen LogP) is 4.07. The maximum atomic E-state index is 12.8. The van der Waals surface area contributed by atoms with Gasteiger partial charge in [-0.3, -0.25) is 9.69 Å². The van der Waals surface area contributed by atoms with Gasteiger partial charge in [-0.15, -0.1) is 0 Å². The summed E-state index contributed by atoms with van der Waals surface area (Å²) < 4.78 is 38.3. The second-order valence-corrected chi connectivity index (χ2v) is 7.07. The van der Waals surface area contributed by atoms with E-state index in [1.807, 2.05) is 18.2 Å². The molecular weight excluding hydrogens is 367 g/mol. The van der Waals surface area contributed by atoms with Crippen LogP contribution in [-0.2, 0) is 11.0 Å². The highest BCUT2D eigenvalue weighted by Crippen LogP contribution is 2.30. The number of hydrogen-bond acceptors (Lipinski definition) is 3. The Hall–Kier alpha value is -2.54. The number of likely N-dealkylation sites (tertiary alicyclic amines) is 1. The summed E-state index contributed by atoms with van der Waals surface area (Å²) in [4.78, 5) is 14.5. The van der Waals surface area contributed by atoms with E-state index >= 15 is 0 Å². The standard InChI is InChI=1S/C21H24F3N3O/c1-15(16-6-3-2-4-7-16)27-11-10-19(14-27)26-20(28)13-25-18-9-5-8-17(12-18)21(22,23)24/h2-9,12,15,19,25H,10-11,13-14H2,1H3,(H,26,28). The van der Waals surface area contributed by atoms with Crippen molar-refractivity contribution in [1.29, 1.82) is 0 Å². The van der Waals surface area contributed by atoms with Crippen LogP contribution in [0.15, 0.2) is 54.6 Å². The molecule has 4 nitrogen and oxygen atoms in total. The lowest BCUT2D eigenvalue weighted by molar-refractivity contribution is -0.137. The average Bonchev–Trinajstić information content (AvgIpc) is 3.14. The summed E-state index contributed by atoms with van der Waals surface area (Å²) in [5, 5.41) is 5.73. The Balaban J connectivity index is 1.47. The third-order valence-corrected chi connectivity index (χ3v) is 5.06. The Morgan fingerprint density at radius 2 is 1.93 bits per heavy atom. The van der Waals surface area contributed by atoms with Gasteiger partial charge >= 0.3 is 6.18 Å². The fourth-order valence-corrected chi connectivity index (χ4v) is 3.47. The van der Waals surface area contributed by atoms with Crippen molar-refractivity contribution in [1.82, 2.24) is 10.2 Å². The zero-order valence-corrected chi connectivity index (χ0v) is 15.7. The fraction of sp³-hybridized carbons (Fsp3) is 0.381. The molecule has 2 unspecified atom stereocenters. The van der Waals surface area contributed by atoms with Crippen LogP contribution in [-0.4, -0.2) is 36.5 Å². The summed E-state index contributed by atoms with van der Waals surface area (Å²) >= 11 is 0. The summed E-state index contributed by atoms with van der Waals surface area (Å²) in [6, 6.07) is 15.4. The lowest BCUT2D eigenvalue weighted by Gasteiger charge is -2.24. The van der Waals surface area contributed by atoms with Crippen LogP contribution in [0.2, 0.25) is 0 Å². The molecule has 0 bridgehead atoms. The molecule has 2 atom stereocenters. The van der Waals surface area contributed by atoms with Gasteiger partial charge in [-0.1, -0.05) is 36.4 Å². The first-order valence-corrected chi connectivity index (χ1v) is 9.32. The highest BCUT2D eigenvalue weighted by atomic mass is 19.4. The van der Waals surface area contributed by atoms with E-state index in [0.29, 0.717) is 0 Å². The van der Waals surface area contributed by atoms with Crippen LogP contribution in [0.4, 0.5) is 18.9 Å². The monoisotopic (exact) mass is 391 g/mol. The summed E-state index contributed by atoms with van der Waals surface area (Å²) in [6.07, 6.45) is -3.55. The normalized spacial score (nSPS) is 18.6. The molecule has 0 aromatic heterocycles. The number of amides is 1. The summed E-state index contributed by atoms with van der Waals surface area (Å²) in [5.74, 6) is -0.225. The van der Waals surface area contributed by atoms with Crippen LogP contribution in [0.25, 0.3) is 0 Å². The molecule has 1 aliphatic rings. The van der Waals surface area contributed by atoms with Crippen LogP contribution in [0.3, 0.4) is 0 Å². The van der Waals surface area contributed by atoms with E-state index in [4.69, 9.17) is 0 Å². The molecule has 1 saturated heterocycles. The molecule has 150 valence electrons. The largest absolute Gasteiger partial charge is 0.416 e. The molecule has 1 heterocycles. The van der Waals surface area contributed by atoms with Crippen molar-refractivity contribution in [2.24, 2.45) is 0 Å². The molecule has 28 heavy (non-hydrogen) atoms. The van der Waals surface area contributed by atoms with Crippen LogP contribution in [0.5, 0.6) is 0 Å². The van der Waals surface area contributed by atoms with Gasteiger partial charge in [-0.2, -0.15) is 13.2 Å². The SMILES string of the molecule is CC(c1ccccc1)N1CCC(NC(=O)CNc2cccc(C(F)(F)F)c2)C1. The number of carbonyl (C=O) groups is 1. The van der Waals surface area contributed by atoms with Gasteiger partial charge in [0.2, 0.25) is 5.91 Å². The van der Waals surface area contributed by atoms with Crippen molar-refractivity contribution < 1.29 is 18.0 Å². The number of hydrogen-bond donors (Lipinski definition) is 2. The van der Waals surface area contributed by atoms with Gasteiger partial charge in [0.1, 0.15) is 0 Å². The van der Waals surface area contributed by atoms with Crippen molar-refractivity contribution >= 4 is 11.6 Å². The third kappa shape index (κ3) is 5.25. The highest BCUT2D eigenvalue weighted by Gasteiger charge is 2.30. The molecule has 0 aliphatic carbocycles. The molecule has 0 radical (unpaired) electrons. The first-order chi connectivity index (χ1) is 13.3. The minimum Gasteiger partial charge on any atom is -0.376 e. The van der Waals surface area contributed by atoms with Gasteiger partial charge < -0.3 is 10.6 Å². The predicted molar refractivity (Wildman–Crippen MR) is 103 cm³/mol. The van der Waals surface area contributed by atoms with E-state index in [-0.39, 0.29) is 30.2 Å². The minimum atomic E-state index is -4.40. The maximum absolute atomic E-state index is 12.8. The number of rotatable bonds is 6. The van der Waals surface area contributed by atoms with Crippen LogP contribution >= 0.6 is 0 Å². The second-order valence-electron chi connectivity index (χ2n) is 7.07. The van der Waals surface area contributed by atoms with Gasteiger partial charge in [0.15, 0.2) is 0 Å². The van der Waals surface area contributed by atoms with E-state index in [9.17, 15) is 18.0 Å². The Kier molecular flexibility index (Phi) is 6.24. The fourth-order valence-electron chi connectivity index (χ4n) is 3.47. The zero-order valence-electron chi connectivity index (χ0n) is 15.7. The first kappa shape index (κ1) is 20.2. The number of benzene rings is 2. The molecule has 7 heteroatoms. The van der Waals surface area contributed by atoms with Gasteiger partial charge in [-0.05, 0) is 37.1 Å². The third-order valence-electron chi connectivity index (χ3n) is 5.06. The summed E-state index contributed by atoms with van der Waals surface area (Å²) in [6.45, 7) is 3.73. The molecular formula is C21H24F3N3O. The Bertz CT molecular complexity index is 795. The number of carbonyl (C=O) groups excluding carboxylic acids is 1. The first-order valence-electron chi connectivity index (χ1n) is 9.32. The van der Waals surface area contributed by atoms with E-state index in [1.54, 1.807) is 0 Å². The number of alkyl halides is 3. The lowest BCUT2D eigenvalue weighted by Crippen LogP contribution is -2.40. The quantitative estimate of drug-likeness (QED) is 0.780. The highest BCUT2D eigenvalue weighted by molar-refractivity contribution is 5.81. The molecule has 2 N–H and O–H groups in total. The molecule has 1 fully saturated rings. The molecule has 0 spiro atoms. The second kappa shape index (κ2) is 8.65. The Labute approximate surface area is 162 Å². The molecule has 3 rings (SSSR count). The molecule has 2 aromatic rings. The van der Waals surface area contributed by atoms with Crippen molar-refractivity contribution in [3.05, 3.63) is 65.7 Å². The minimum absolute atomic E-state index is 0.0435. The number of nitrogens with zero attached hydrogens (tertiary/aromatic N) is 1. The van der Waals surface area contributed by atoms with Crippen LogP contribution in [0, 0.1) is 0 Å². The van der Waals surface area contributed by atoms with Crippen molar-refractivity contribution in [2.45, 2.75) is 31.6 Å². The maximum Gasteiger partial charge on any atom is 0.416 e. The van der Waals surface area contributed by atoms with Crippen LogP contribution in [0.1, 0.15) is 30.5 Å². The van der Waals surface area contributed by atoms with Gasteiger partial charge in [0.05, 0.1) is 12.1 Å². The van der Waals surface area contributed by atoms with Crippen molar-refractivity contribution in [2.75, 3.05) is 25.0 Å². The lowest BCUT2D eigenvalue weighted by atomic mass is 10.1. The van der Waals surface area contributed by atoms with Gasteiger partial charge in [0.25, 0.3) is 0 Å². The number of anilines is 1. The Morgan fingerprint density at radius 1 is 1.18 bits per heavy atom. The molecule has 1 amide bonds. The molecule has 0 saturated carbocycles. The number of halogens is 3. The van der Waals surface area contributed by atoms with Gasteiger partial charge in [0, 0.05) is 30.9 Å². The Morgan fingerprint density at radius 3 is 2.64 bits per heavy atom. The summed E-state index contributed by atoms with van der Waals surface area (Å²) in [5.41, 5.74) is 0.774. The van der Waals surface area contributed by atoms with E-state index < -0.39 is 11.7 Å². The molecule has 1 aliphatic heterocycles. The van der Waals surface area contributed by atoms with Crippen molar-refractivity contribution in [3.63, 3.8) is 0 Å². The summed E-state index contributed by atoms with van der Waals surface area (Å²) in [7, 11) is 0. The van der Waals surface area contributed by atoms with Crippen molar-refractivity contribution in [3.8, 4) is 0 Å². The smallest absolute Gasteiger partial charge is 0.376 e. The van der Waals surface area contributed by atoms with E-state index in [0.717, 1.165) is 31.6 Å². The van der Waals surface area contributed by atoms with E-state index in [1.165, 1.54) is 17.7 Å². The topological polar surface area (TPSA) is 44.4 Å². The van der Waals surface area contributed by atoms with Crippen LogP contribution < -0.4 is 10.6 Å². The zero-order chi connectivity index (χ0) is 20.1.